The Labute approximate surface area is 130 Å². The molecule has 0 aliphatic carbocycles. The van der Waals surface area contributed by atoms with Gasteiger partial charge in [0, 0.05) is 11.8 Å². The van der Waals surface area contributed by atoms with Crippen molar-refractivity contribution in [2.24, 2.45) is 0 Å². The van der Waals surface area contributed by atoms with Gasteiger partial charge in [-0.25, -0.2) is 4.98 Å². The van der Waals surface area contributed by atoms with Crippen LogP contribution in [0.2, 0.25) is 0 Å². The van der Waals surface area contributed by atoms with Gasteiger partial charge in [-0.1, -0.05) is 18.3 Å². The molecule has 1 atom stereocenters. The van der Waals surface area contributed by atoms with E-state index in [0.29, 0.717) is 22.3 Å². The van der Waals surface area contributed by atoms with Crippen LogP contribution in [0.25, 0.3) is 4.96 Å². The minimum absolute atomic E-state index is 0.204. The van der Waals surface area contributed by atoms with Crippen LogP contribution in [-0.4, -0.2) is 26.2 Å². The lowest BCUT2D eigenvalue weighted by molar-refractivity contribution is 0.0476. The van der Waals surface area contributed by atoms with Gasteiger partial charge in [0.15, 0.2) is 0 Å². The van der Waals surface area contributed by atoms with Crippen molar-refractivity contribution < 1.29 is 9.52 Å². The molecule has 22 heavy (non-hydrogen) atoms. The molecule has 0 amide bonds. The Morgan fingerprint density at radius 3 is 3.05 bits per heavy atom. The summed E-state index contributed by atoms with van der Waals surface area (Å²) < 4.78 is 6.48. The molecule has 3 rings (SSSR count). The highest BCUT2D eigenvalue weighted by Gasteiger charge is 2.26. The summed E-state index contributed by atoms with van der Waals surface area (Å²) >= 11 is 1.27. The molecule has 0 saturated heterocycles. The molecule has 0 radical (unpaired) electrons. The van der Waals surface area contributed by atoms with Gasteiger partial charge in [-0.3, -0.25) is 4.79 Å². The summed E-state index contributed by atoms with van der Waals surface area (Å²) in [6.45, 7) is 3.79. The molecule has 0 fully saturated rings. The summed E-state index contributed by atoms with van der Waals surface area (Å²) in [5, 5.41) is 18.1. The van der Waals surface area contributed by atoms with Crippen LogP contribution >= 0.6 is 11.3 Å². The first-order valence-electron chi connectivity index (χ1n) is 6.89. The first kappa shape index (κ1) is 14.7. The topological polar surface area (TPSA) is 92.7 Å². The van der Waals surface area contributed by atoms with Crippen LogP contribution in [-0.2, 0) is 12.0 Å². The Kier molecular flexibility index (Phi) is 3.71. The molecule has 3 aromatic heterocycles. The van der Waals surface area contributed by atoms with E-state index in [1.807, 2.05) is 6.92 Å². The van der Waals surface area contributed by atoms with Crippen molar-refractivity contribution in [3.63, 3.8) is 0 Å². The van der Waals surface area contributed by atoms with Crippen LogP contribution in [0.1, 0.15) is 25.3 Å². The molecular formula is C14H16N4O3S. The molecule has 0 bridgehead atoms. The fraction of sp³-hybridized carbons (Fsp3) is 0.357. The molecule has 3 heterocycles. The van der Waals surface area contributed by atoms with Gasteiger partial charge < -0.3 is 14.8 Å². The number of aryl methyl sites for hydroxylation is 1. The quantitative estimate of drug-likeness (QED) is 0.742. The summed E-state index contributed by atoms with van der Waals surface area (Å²) in [5.41, 5.74) is -0.638. The zero-order valence-electron chi connectivity index (χ0n) is 12.2. The highest BCUT2D eigenvalue weighted by molar-refractivity contribution is 7.20. The second kappa shape index (κ2) is 5.54. The molecule has 7 nitrogen and oxygen atoms in total. The van der Waals surface area contributed by atoms with Crippen molar-refractivity contribution in [1.29, 1.82) is 0 Å². The SMILES string of the molecule is CCc1cc(=O)n2nc(NCC(C)(O)c3ccco3)sc2n1. The molecule has 3 aromatic rings. The van der Waals surface area contributed by atoms with E-state index >= 15 is 0 Å². The smallest absolute Gasteiger partial charge is 0.275 e. The van der Waals surface area contributed by atoms with E-state index in [0.717, 1.165) is 5.69 Å². The Balaban J connectivity index is 1.83. The summed E-state index contributed by atoms with van der Waals surface area (Å²) in [6.07, 6.45) is 2.21. The Morgan fingerprint density at radius 1 is 1.55 bits per heavy atom. The van der Waals surface area contributed by atoms with Crippen LogP contribution in [0.4, 0.5) is 5.13 Å². The van der Waals surface area contributed by atoms with Crippen molar-refractivity contribution in [2.45, 2.75) is 25.9 Å². The summed E-state index contributed by atoms with van der Waals surface area (Å²) in [5.74, 6) is 0.463. The Morgan fingerprint density at radius 2 is 2.36 bits per heavy atom. The number of anilines is 1. The summed E-state index contributed by atoms with van der Waals surface area (Å²) in [4.78, 5) is 16.8. The van der Waals surface area contributed by atoms with Crippen LogP contribution in [0, 0.1) is 0 Å². The maximum absolute atomic E-state index is 11.9. The lowest BCUT2D eigenvalue weighted by Crippen LogP contribution is -2.30. The minimum atomic E-state index is -1.17. The predicted molar refractivity (Wildman–Crippen MR) is 83.3 cm³/mol. The largest absolute Gasteiger partial charge is 0.466 e. The first-order chi connectivity index (χ1) is 10.5. The van der Waals surface area contributed by atoms with Crippen LogP contribution < -0.4 is 10.9 Å². The minimum Gasteiger partial charge on any atom is -0.466 e. The first-order valence-corrected chi connectivity index (χ1v) is 7.71. The van der Waals surface area contributed by atoms with Crippen molar-refractivity contribution in [1.82, 2.24) is 14.6 Å². The molecule has 0 saturated carbocycles. The Hall–Kier alpha value is -2.19. The number of hydrogen-bond donors (Lipinski definition) is 2. The Bertz CT molecular complexity index is 836. The average molecular weight is 320 g/mol. The molecule has 0 aliphatic rings. The zero-order valence-corrected chi connectivity index (χ0v) is 13.1. The van der Waals surface area contributed by atoms with Gasteiger partial charge in [-0.05, 0) is 25.5 Å². The molecule has 116 valence electrons. The van der Waals surface area contributed by atoms with Crippen molar-refractivity contribution >= 4 is 21.4 Å². The highest BCUT2D eigenvalue weighted by atomic mass is 32.1. The van der Waals surface area contributed by atoms with E-state index in [2.05, 4.69) is 15.4 Å². The zero-order chi connectivity index (χ0) is 15.7. The van der Waals surface area contributed by atoms with E-state index < -0.39 is 5.60 Å². The normalized spacial score (nSPS) is 14.1. The van der Waals surface area contributed by atoms with E-state index in [-0.39, 0.29) is 12.1 Å². The van der Waals surface area contributed by atoms with Crippen molar-refractivity contribution in [3.05, 3.63) is 46.3 Å². The molecule has 0 aliphatic heterocycles. The van der Waals surface area contributed by atoms with Crippen molar-refractivity contribution in [2.75, 3.05) is 11.9 Å². The van der Waals surface area contributed by atoms with Gasteiger partial charge in [0.2, 0.25) is 10.1 Å². The van der Waals surface area contributed by atoms with Crippen LogP contribution in [0.15, 0.2) is 33.7 Å². The summed E-state index contributed by atoms with van der Waals surface area (Å²) in [6, 6.07) is 4.91. The monoisotopic (exact) mass is 320 g/mol. The predicted octanol–water partition coefficient (Wildman–Crippen LogP) is 1.63. The number of hydrogen-bond acceptors (Lipinski definition) is 7. The number of aliphatic hydroxyl groups is 1. The lowest BCUT2D eigenvalue weighted by Gasteiger charge is -2.20. The fourth-order valence-electron chi connectivity index (χ4n) is 2.03. The second-order valence-electron chi connectivity index (χ2n) is 5.15. The average Bonchev–Trinajstić information content (AvgIpc) is 3.14. The van der Waals surface area contributed by atoms with Gasteiger partial charge in [0.05, 0.1) is 12.8 Å². The molecule has 2 N–H and O–H groups in total. The van der Waals surface area contributed by atoms with Gasteiger partial charge in [-0.2, -0.15) is 4.52 Å². The number of rotatable bonds is 5. The molecule has 1 unspecified atom stereocenters. The standard InChI is InChI=1S/C14H16N4O3S/c1-3-9-7-11(19)18-13(16-9)22-12(17-18)15-8-14(2,20)10-5-4-6-21-10/h4-7,20H,3,8H2,1-2H3,(H,15,17). The number of nitrogens with zero attached hydrogens (tertiary/aromatic N) is 3. The van der Waals surface area contributed by atoms with Gasteiger partial charge in [0.25, 0.3) is 5.56 Å². The highest BCUT2D eigenvalue weighted by Crippen LogP contribution is 2.23. The van der Waals surface area contributed by atoms with Crippen molar-refractivity contribution in [3.8, 4) is 0 Å². The second-order valence-corrected chi connectivity index (χ2v) is 6.10. The van der Waals surface area contributed by atoms with E-state index in [1.165, 1.54) is 28.2 Å². The molecule has 8 heteroatoms. The van der Waals surface area contributed by atoms with E-state index in [4.69, 9.17) is 4.42 Å². The number of nitrogens with one attached hydrogen (secondary N) is 1. The van der Waals surface area contributed by atoms with Gasteiger partial charge in [-0.15, -0.1) is 5.10 Å². The maximum atomic E-state index is 11.9. The molecular weight excluding hydrogens is 304 g/mol. The third-order valence-corrected chi connectivity index (χ3v) is 4.16. The maximum Gasteiger partial charge on any atom is 0.275 e. The molecule has 0 aromatic carbocycles. The van der Waals surface area contributed by atoms with Crippen LogP contribution in [0.5, 0.6) is 0 Å². The lowest BCUT2D eigenvalue weighted by atomic mass is 10.0. The fourth-order valence-corrected chi connectivity index (χ4v) is 2.85. The van der Waals surface area contributed by atoms with Gasteiger partial charge >= 0.3 is 0 Å². The van der Waals surface area contributed by atoms with E-state index in [1.54, 1.807) is 19.1 Å². The number of aromatic nitrogens is 3. The van der Waals surface area contributed by atoms with Crippen LogP contribution in [0.3, 0.4) is 0 Å². The number of fused-ring (bicyclic) bond motifs is 1. The number of furan rings is 1. The third-order valence-electron chi connectivity index (χ3n) is 3.30. The molecule has 0 spiro atoms. The third kappa shape index (κ3) is 2.75. The summed E-state index contributed by atoms with van der Waals surface area (Å²) in [7, 11) is 0. The van der Waals surface area contributed by atoms with Gasteiger partial charge in [0.1, 0.15) is 11.4 Å². The van der Waals surface area contributed by atoms with E-state index in [9.17, 15) is 9.90 Å².